The van der Waals surface area contributed by atoms with E-state index in [9.17, 15) is 0 Å². The van der Waals surface area contributed by atoms with Gasteiger partial charge in [-0.25, -0.2) is 0 Å². The Balaban J connectivity index is 1.77. The molecule has 1 saturated carbocycles. The average molecular weight is 346 g/mol. The van der Waals surface area contributed by atoms with Crippen LogP contribution in [-0.2, 0) is 6.42 Å². The molecule has 2 heteroatoms. The van der Waals surface area contributed by atoms with Crippen molar-refractivity contribution in [3.63, 3.8) is 0 Å². The summed E-state index contributed by atoms with van der Waals surface area (Å²) in [6.45, 7) is 4.86. The summed E-state index contributed by atoms with van der Waals surface area (Å²) in [5.41, 5.74) is 2.76. The molecule has 0 N–H and O–H groups in total. The molecule has 2 atom stereocenters. The van der Waals surface area contributed by atoms with Crippen molar-refractivity contribution in [2.24, 2.45) is 11.3 Å². The van der Waals surface area contributed by atoms with Crippen LogP contribution in [0.4, 0.5) is 0 Å². The van der Waals surface area contributed by atoms with Gasteiger partial charge in [0.1, 0.15) is 0 Å². The van der Waals surface area contributed by atoms with Gasteiger partial charge in [-0.15, -0.1) is 0 Å². The van der Waals surface area contributed by atoms with Crippen LogP contribution >= 0.6 is 15.9 Å². The zero-order valence-electron chi connectivity index (χ0n) is 13.0. The van der Waals surface area contributed by atoms with E-state index in [-0.39, 0.29) is 0 Å². The first-order chi connectivity index (χ1) is 10.1. The lowest BCUT2D eigenvalue weighted by molar-refractivity contribution is 0.136. The number of aromatic nitrogens is 1. The number of hydrogen-bond acceptors (Lipinski definition) is 1. The second-order valence-electron chi connectivity index (χ2n) is 7.06. The molecular weight excluding hydrogens is 322 g/mol. The van der Waals surface area contributed by atoms with E-state index in [4.69, 9.17) is 4.98 Å². The van der Waals surface area contributed by atoms with Gasteiger partial charge in [-0.2, -0.15) is 0 Å². The maximum absolute atomic E-state index is 4.83. The molecule has 1 aromatic heterocycles. The molecular formula is C19H24BrN. The van der Waals surface area contributed by atoms with E-state index in [0.717, 1.165) is 17.9 Å². The quantitative estimate of drug-likeness (QED) is 0.644. The van der Waals surface area contributed by atoms with Gasteiger partial charge in [0.15, 0.2) is 0 Å². The molecule has 0 saturated heterocycles. The lowest BCUT2D eigenvalue weighted by Crippen LogP contribution is -2.35. The topological polar surface area (TPSA) is 12.9 Å². The Morgan fingerprint density at radius 2 is 2.00 bits per heavy atom. The number of pyridine rings is 1. The van der Waals surface area contributed by atoms with Crippen molar-refractivity contribution in [3.05, 3.63) is 42.1 Å². The van der Waals surface area contributed by atoms with Gasteiger partial charge in [0.25, 0.3) is 0 Å². The molecule has 112 valence electrons. The molecule has 0 radical (unpaired) electrons. The van der Waals surface area contributed by atoms with Crippen molar-refractivity contribution in [2.75, 3.05) is 0 Å². The van der Waals surface area contributed by atoms with E-state index in [0.29, 0.717) is 10.2 Å². The van der Waals surface area contributed by atoms with Crippen LogP contribution in [0.3, 0.4) is 0 Å². The predicted octanol–water partition coefficient (Wildman–Crippen LogP) is 5.76. The fourth-order valence-corrected chi connectivity index (χ4v) is 5.07. The van der Waals surface area contributed by atoms with Crippen LogP contribution in [-0.4, -0.2) is 9.81 Å². The molecule has 0 spiro atoms. The molecule has 1 heterocycles. The number of para-hydroxylation sites is 1. The Bertz CT molecular complexity index is 620. The largest absolute Gasteiger partial charge is 0.253 e. The van der Waals surface area contributed by atoms with E-state index in [1.54, 1.807) is 0 Å². The van der Waals surface area contributed by atoms with Gasteiger partial charge >= 0.3 is 0 Å². The minimum atomic E-state index is 0.448. The maximum atomic E-state index is 4.83. The summed E-state index contributed by atoms with van der Waals surface area (Å²) in [6, 6.07) is 12.8. The van der Waals surface area contributed by atoms with E-state index < -0.39 is 0 Å². The SMILES string of the molecule is CC1(C)CCCCC1C(Br)Cc1ccc2ccccc2n1. The van der Waals surface area contributed by atoms with Crippen LogP contribution in [0.5, 0.6) is 0 Å². The maximum Gasteiger partial charge on any atom is 0.0705 e. The van der Waals surface area contributed by atoms with Gasteiger partial charge in [0.2, 0.25) is 0 Å². The Morgan fingerprint density at radius 3 is 2.81 bits per heavy atom. The molecule has 1 aromatic carbocycles. The van der Waals surface area contributed by atoms with Gasteiger partial charge in [-0.1, -0.05) is 66.9 Å². The number of hydrogen-bond donors (Lipinski definition) is 0. The molecule has 1 aliphatic carbocycles. The van der Waals surface area contributed by atoms with E-state index in [1.807, 2.05) is 0 Å². The van der Waals surface area contributed by atoms with Gasteiger partial charge in [0, 0.05) is 22.3 Å². The molecule has 0 bridgehead atoms. The van der Waals surface area contributed by atoms with Crippen LogP contribution < -0.4 is 0 Å². The average Bonchev–Trinajstić information content (AvgIpc) is 2.46. The Morgan fingerprint density at radius 1 is 1.19 bits per heavy atom. The summed E-state index contributed by atoms with van der Waals surface area (Å²) in [7, 11) is 0. The standard InChI is InChI=1S/C19H24BrN/c1-19(2)12-6-5-8-16(19)17(20)13-15-11-10-14-7-3-4-9-18(14)21-15/h3-4,7,9-11,16-17H,5-6,8,12-13H2,1-2H3. The summed E-state index contributed by atoms with van der Waals surface area (Å²) >= 11 is 3.98. The predicted molar refractivity (Wildman–Crippen MR) is 93.9 cm³/mol. The summed E-state index contributed by atoms with van der Waals surface area (Å²) < 4.78 is 0. The minimum Gasteiger partial charge on any atom is -0.253 e. The van der Waals surface area contributed by atoms with Crippen LogP contribution in [0.1, 0.15) is 45.2 Å². The van der Waals surface area contributed by atoms with E-state index >= 15 is 0 Å². The highest BCUT2D eigenvalue weighted by Crippen LogP contribution is 2.45. The van der Waals surface area contributed by atoms with Crippen molar-refractivity contribution < 1.29 is 0 Å². The van der Waals surface area contributed by atoms with Crippen molar-refractivity contribution in [2.45, 2.75) is 50.8 Å². The lowest BCUT2D eigenvalue weighted by atomic mass is 9.67. The van der Waals surface area contributed by atoms with Crippen LogP contribution in [0, 0.1) is 11.3 Å². The van der Waals surface area contributed by atoms with E-state index in [2.05, 4.69) is 66.2 Å². The van der Waals surface area contributed by atoms with Crippen molar-refractivity contribution in [3.8, 4) is 0 Å². The number of rotatable bonds is 3. The molecule has 1 nitrogen and oxygen atoms in total. The fourth-order valence-electron chi connectivity index (χ4n) is 3.76. The normalized spacial score (nSPS) is 23.1. The molecule has 3 rings (SSSR count). The van der Waals surface area contributed by atoms with Gasteiger partial charge < -0.3 is 0 Å². The number of nitrogens with zero attached hydrogens (tertiary/aromatic N) is 1. The summed E-state index contributed by atoms with van der Waals surface area (Å²) in [4.78, 5) is 5.36. The number of benzene rings is 1. The second-order valence-corrected chi connectivity index (χ2v) is 8.23. The molecule has 1 fully saturated rings. The van der Waals surface area contributed by atoms with E-state index in [1.165, 1.54) is 36.8 Å². The fraction of sp³-hybridized carbons (Fsp3) is 0.526. The van der Waals surface area contributed by atoms with Crippen molar-refractivity contribution in [1.29, 1.82) is 0 Å². The smallest absolute Gasteiger partial charge is 0.0705 e. The van der Waals surface area contributed by atoms with Crippen LogP contribution in [0.25, 0.3) is 10.9 Å². The summed E-state index contributed by atoms with van der Waals surface area (Å²) in [6.07, 6.45) is 6.49. The molecule has 0 aliphatic heterocycles. The number of fused-ring (bicyclic) bond motifs is 1. The minimum absolute atomic E-state index is 0.448. The van der Waals surface area contributed by atoms with Gasteiger partial charge in [0.05, 0.1) is 5.52 Å². The zero-order valence-corrected chi connectivity index (χ0v) is 14.6. The van der Waals surface area contributed by atoms with Gasteiger partial charge in [-0.3, -0.25) is 4.98 Å². The molecule has 0 amide bonds. The first-order valence-corrected chi connectivity index (χ1v) is 8.96. The second kappa shape index (κ2) is 6.08. The van der Waals surface area contributed by atoms with Crippen LogP contribution in [0.15, 0.2) is 36.4 Å². The molecule has 21 heavy (non-hydrogen) atoms. The van der Waals surface area contributed by atoms with Crippen LogP contribution in [0.2, 0.25) is 0 Å². The Hall–Kier alpha value is -0.890. The summed E-state index contributed by atoms with van der Waals surface area (Å²) in [5.74, 6) is 0.750. The third-order valence-corrected chi connectivity index (χ3v) is 6.05. The first-order valence-electron chi connectivity index (χ1n) is 8.05. The first kappa shape index (κ1) is 15.0. The molecule has 2 unspecified atom stereocenters. The highest BCUT2D eigenvalue weighted by Gasteiger charge is 2.36. The summed E-state index contributed by atoms with van der Waals surface area (Å²) in [5, 5.41) is 1.23. The zero-order chi connectivity index (χ0) is 14.9. The molecule has 1 aliphatic rings. The highest BCUT2D eigenvalue weighted by molar-refractivity contribution is 9.09. The monoisotopic (exact) mass is 345 g/mol. The van der Waals surface area contributed by atoms with Gasteiger partial charge in [-0.05, 0) is 36.3 Å². The number of alkyl halides is 1. The lowest BCUT2D eigenvalue weighted by Gasteiger charge is -2.41. The van der Waals surface area contributed by atoms with Crippen molar-refractivity contribution >= 4 is 26.8 Å². The third-order valence-electron chi connectivity index (χ3n) is 5.09. The molecule has 2 aromatic rings. The number of halogens is 1. The third kappa shape index (κ3) is 3.31. The Kier molecular flexibility index (Phi) is 4.35. The Labute approximate surface area is 136 Å². The van der Waals surface area contributed by atoms with Crippen molar-refractivity contribution in [1.82, 2.24) is 4.98 Å². The highest BCUT2D eigenvalue weighted by atomic mass is 79.9.